The fraction of sp³-hybridized carbons (Fsp3) is 0.471. The predicted molar refractivity (Wildman–Crippen MR) is 108 cm³/mol. The number of hydrogen-bond acceptors (Lipinski definition) is 10. The first-order chi connectivity index (χ1) is 14.0. The minimum absolute atomic E-state index is 0.000513. The highest BCUT2D eigenvalue weighted by atomic mass is 32.2. The number of aliphatic imine (C=N–C) groups is 1. The van der Waals surface area contributed by atoms with Crippen molar-refractivity contribution in [1.82, 2.24) is 15.0 Å². The lowest BCUT2D eigenvalue weighted by Gasteiger charge is -2.41. The molecule has 2 aromatic heterocycles. The number of aromatic nitrogens is 3. The van der Waals surface area contributed by atoms with Crippen LogP contribution < -0.4 is 15.8 Å². The van der Waals surface area contributed by atoms with Gasteiger partial charge in [-0.2, -0.15) is 0 Å². The Morgan fingerprint density at radius 3 is 3.10 bits per heavy atom. The zero-order valence-corrected chi connectivity index (χ0v) is 17.1. The van der Waals surface area contributed by atoms with Gasteiger partial charge in [-0.1, -0.05) is 11.8 Å². The van der Waals surface area contributed by atoms with Crippen LogP contribution in [0.3, 0.4) is 0 Å². The highest BCUT2D eigenvalue weighted by molar-refractivity contribution is 8.13. The topological polar surface area (TPSA) is 125 Å². The largest absolute Gasteiger partial charge is 0.442 e. The number of amidine groups is 1. The third-order valence-electron chi connectivity index (χ3n) is 4.61. The average molecular weight is 439 g/mol. The molecule has 0 bridgehead atoms. The van der Waals surface area contributed by atoms with Crippen molar-refractivity contribution in [2.75, 3.05) is 24.3 Å². The Morgan fingerprint density at radius 1 is 1.48 bits per heavy atom. The zero-order valence-electron chi connectivity index (χ0n) is 15.5. The Kier molecular flexibility index (Phi) is 5.65. The number of rotatable bonds is 5. The molecule has 0 radical (unpaired) electrons. The van der Waals surface area contributed by atoms with Gasteiger partial charge in [0.2, 0.25) is 12.2 Å². The van der Waals surface area contributed by atoms with Gasteiger partial charge in [0.1, 0.15) is 22.1 Å². The quantitative estimate of drug-likeness (QED) is 0.728. The first-order valence-electron chi connectivity index (χ1n) is 8.92. The summed E-state index contributed by atoms with van der Waals surface area (Å²) >= 11 is 2.95. The minimum Gasteiger partial charge on any atom is -0.442 e. The molecule has 2 aliphatic rings. The van der Waals surface area contributed by atoms with E-state index in [1.165, 1.54) is 30.7 Å². The molecule has 154 valence electrons. The standard InChI is InChI=1S/C17H19FN6O3S2/c1-9(18)27-13-5-20-11(4-21-13)14(25)22-12-7-28-15(23-12)17-8-26-3-2-10(17)6-29-16(19)24-17/h4-5,7,9-10H,2-3,6,8H2,1H3,(H2,19,24)(H,22,25). The maximum Gasteiger partial charge on any atom is 0.277 e. The number of carbonyl (C=O) groups is 1. The van der Waals surface area contributed by atoms with Gasteiger partial charge in [-0.15, -0.1) is 11.3 Å². The second-order valence-corrected chi connectivity index (χ2v) is 8.51. The predicted octanol–water partition coefficient (Wildman–Crippen LogP) is 2.17. The third-order valence-corrected chi connectivity index (χ3v) is 6.58. The molecule has 2 aliphatic heterocycles. The number of thioether (sulfide) groups is 1. The highest BCUT2D eigenvalue weighted by Gasteiger charge is 2.47. The van der Waals surface area contributed by atoms with Crippen LogP contribution in [0.25, 0.3) is 0 Å². The summed E-state index contributed by atoms with van der Waals surface area (Å²) in [5.41, 5.74) is 5.44. The molecule has 0 spiro atoms. The van der Waals surface area contributed by atoms with E-state index in [1.54, 1.807) is 17.1 Å². The lowest BCUT2D eigenvalue weighted by atomic mass is 9.82. The number of nitrogens with two attached hydrogens (primary N) is 1. The molecule has 3 atom stereocenters. The van der Waals surface area contributed by atoms with Crippen LogP contribution in [0.5, 0.6) is 5.88 Å². The molecule has 0 aromatic carbocycles. The van der Waals surface area contributed by atoms with E-state index in [-0.39, 0.29) is 17.5 Å². The maximum absolute atomic E-state index is 12.8. The SMILES string of the molecule is CC(F)Oc1cnc(C(=O)Nc2csc(C34COCCC3CSC(N)=N4)n2)cn1. The Bertz CT molecular complexity index is 922. The Balaban J connectivity index is 1.50. The second-order valence-electron chi connectivity index (χ2n) is 6.62. The van der Waals surface area contributed by atoms with Crippen LogP contribution in [0.4, 0.5) is 10.2 Å². The van der Waals surface area contributed by atoms with Crippen molar-refractivity contribution in [3.8, 4) is 5.88 Å². The summed E-state index contributed by atoms with van der Waals surface area (Å²) in [6.45, 7) is 2.34. The number of fused-ring (bicyclic) bond motifs is 1. The Labute approximate surface area is 174 Å². The van der Waals surface area contributed by atoms with Crippen LogP contribution in [0.2, 0.25) is 0 Å². The molecule has 9 nitrogen and oxygen atoms in total. The fourth-order valence-corrected chi connectivity index (χ4v) is 5.23. The number of carbonyl (C=O) groups excluding carboxylic acids is 1. The van der Waals surface area contributed by atoms with E-state index in [0.717, 1.165) is 17.2 Å². The van der Waals surface area contributed by atoms with E-state index >= 15 is 0 Å². The molecule has 0 aliphatic carbocycles. The van der Waals surface area contributed by atoms with E-state index in [9.17, 15) is 9.18 Å². The summed E-state index contributed by atoms with van der Waals surface area (Å²) in [5, 5.41) is 5.72. The average Bonchev–Trinajstić information content (AvgIpc) is 3.17. The molecular weight excluding hydrogens is 419 g/mol. The molecule has 2 aromatic rings. The summed E-state index contributed by atoms with van der Waals surface area (Å²) < 4.78 is 23.3. The van der Waals surface area contributed by atoms with Crippen LogP contribution in [0, 0.1) is 5.92 Å². The molecule has 12 heteroatoms. The normalized spacial score (nSPS) is 24.9. The summed E-state index contributed by atoms with van der Waals surface area (Å²) in [7, 11) is 0. The van der Waals surface area contributed by atoms with E-state index in [2.05, 4.69) is 20.3 Å². The number of nitrogens with zero attached hydrogens (tertiary/aromatic N) is 4. The van der Waals surface area contributed by atoms with Crippen LogP contribution in [-0.2, 0) is 10.3 Å². The van der Waals surface area contributed by atoms with Crippen molar-refractivity contribution in [3.63, 3.8) is 0 Å². The van der Waals surface area contributed by atoms with Gasteiger partial charge in [0.05, 0.1) is 19.0 Å². The minimum atomic E-state index is -1.51. The second kappa shape index (κ2) is 8.20. The smallest absolute Gasteiger partial charge is 0.277 e. The molecule has 1 amide bonds. The number of anilines is 1. The van der Waals surface area contributed by atoms with E-state index in [0.29, 0.717) is 24.2 Å². The highest BCUT2D eigenvalue weighted by Crippen LogP contribution is 2.45. The molecule has 29 heavy (non-hydrogen) atoms. The number of alkyl halides is 1. The maximum atomic E-state index is 12.8. The van der Waals surface area contributed by atoms with Gasteiger partial charge >= 0.3 is 0 Å². The van der Waals surface area contributed by atoms with E-state index < -0.39 is 17.8 Å². The number of ether oxygens (including phenoxy) is 2. The van der Waals surface area contributed by atoms with Crippen molar-refractivity contribution in [1.29, 1.82) is 0 Å². The summed E-state index contributed by atoms with van der Waals surface area (Å²) in [4.78, 5) is 29.5. The van der Waals surface area contributed by atoms with E-state index in [1.807, 2.05) is 0 Å². The molecular formula is C17H19FN6O3S2. The first kappa shape index (κ1) is 20.0. The summed E-state index contributed by atoms with van der Waals surface area (Å²) in [6, 6.07) is 0. The van der Waals surface area contributed by atoms with Crippen molar-refractivity contribution < 1.29 is 18.7 Å². The van der Waals surface area contributed by atoms with Gasteiger partial charge in [0.15, 0.2) is 5.17 Å². The van der Waals surface area contributed by atoms with Gasteiger partial charge in [0.25, 0.3) is 5.91 Å². The molecule has 4 heterocycles. The number of nitrogens with one attached hydrogen (secondary N) is 1. The summed E-state index contributed by atoms with van der Waals surface area (Å²) in [6.07, 6.45) is 1.77. The van der Waals surface area contributed by atoms with Crippen LogP contribution in [0.15, 0.2) is 22.8 Å². The zero-order chi connectivity index (χ0) is 20.4. The first-order valence-corrected chi connectivity index (χ1v) is 10.8. The molecule has 0 saturated carbocycles. The van der Waals surface area contributed by atoms with Crippen molar-refractivity contribution in [2.45, 2.75) is 25.2 Å². The molecule has 3 N–H and O–H groups in total. The molecule has 1 fully saturated rings. The van der Waals surface area contributed by atoms with Gasteiger partial charge < -0.3 is 20.5 Å². The lowest BCUT2D eigenvalue weighted by Crippen LogP contribution is -2.47. The Morgan fingerprint density at radius 2 is 2.34 bits per heavy atom. The van der Waals surface area contributed by atoms with Crippen molar-refractivity contribution >= 4 is 40.0 Å². The lowest BCUT2D eigenvalue weighted by molar-refractivity contribution is 0.00448. The summed E-state index contributed by atoms with van der Waals surface area (Å²) in [5.74, 6) is 1.05. The monoisotopic (exact) mass is 438 g/mol. The molecule has 4 rings (SSSR count). The fourth-order valence-electron chi connectivity index (χ4n) is 3.22. The van der Waals surface area contributed by atoms with Crippen molar-refractivity contribution in [2.24, 2.45) is 16.6 Å². The number of halogens is 1. The Hall–Kier alpha value is -2.31. The molecule has 1 saturated heterocycles. The number of thiazole rings is 1. The van der Waals surface area contributed by atoms with Crippen LogP contribution in [-0.4, -0.2) is 51.4 Å². The van der Waals surface area contributed by atoms with Gasteiger partial charge in [-0.3, -0.25) is 4.79 Å². The molecule has 3 unspecified atom stereocenters. The van der Waals surface area contributed by atoms with Gasteiger partial charge in [-0.05, 0) is 6.42 Å². The van der Waals surface area contributed by atoms with E-state index in [4.69, 9.17) is 20.2 Å². The van der Waals surface area contributed by atoms with Gasteiger partial charge in [0, 0.05) is 30.6 Å². The number of hydrogen-bond donors (Lipinski definition) is 2. The number of amides is 1. The third kappa shape index (κ3) is 4.19. The van der Waals surface area contributed by atoms with Gasteiger partial charge in [-0.25, -0.2) is 24.3 Å². The van der Waals surface area contributed by atoms with Crippen LogP contribution in [0.1, 0.15) is 28.8 Å². The van der Waals surface area contributed by atoms with Crippen molar-refractivity contribution in [3.05, 3.63) is 28.5 Å². The van der Waals surface area contributed by atoms with Crippen LogP contribution >= 0.6 is 23.1 Å².